The van der Waals surface area contributed by atoms with Crippen LogP contribution in [0.15, 0.2) is 12.3 Å². The molecule has 0 saturated heterocycles. The quantitative estimate of drug-likeness (QED) is 0.718. The van der Waals surface area contributed by atoms with Gasteiger partial charge in [-0.2, -0.15) is 0 Å². The van der Waals surface area contributed by atoms with Crippen molar-refractivity contribution in [1.82, 2.24) is 4.98 Å². The first-order chi connectivity index (χ1) is 5.75. The lowest BCUT2D eigenvalue weighted by Gasteiger charge is -2.08. The number of hydrogen-bond acceptors (Lipinski definition) is 3. The van der Waals surface area contributed by atoms with Crippen molar-refractivity contribution in [2.75, 3.05) is 17.6 Å². The molecule has 3 nitrogen and oxygen atoms in total. The van der Waals surface area contributed by atoms with Crippen molar-refractivity contribution in [3.05, 3.63) is 17.8 Å². The van der Waals surface area contributed by atoms with Gasteiger partial charge in [-0.3, -0.25) is 0 Å². The highest BCUT2D eigenvalue weighted by Crippen LogP contribution is 2.18. The van der Waals surface area contributed by atoms with E-state index in [4.69, 9.17) is 5.73 Å². The topological polar surface area (TPSA) is 50.9 Å². The molecular formula is C9H15N3. The number of nitrogens with two attached hydrogens (primary N) is 1. The summed E-state index contributed by atoms with van der Waals surface area (Å²) in [5.74, 6) is 0.803. The predicted molar refractivity (Wildman–Crippen MR) is 52.2 cm³/mol. The zero-order chi connectivity index (χ0) is 8.97. The van der Waals surface area contributed by atoms with Gasteiger partial charge in [-0.05, 0) is 25.0 Å². The van der Waals surface area contributed by atoms with E-state index in [1.54, 1.807) is 6.20 Å². The molecule has 0 aromatic carbocycles. The van der Waals surface area contributed by atoms with E-state index in [9.17, 15) is 0 Å². The molecule has 66 valence electrons. The summed E-state index contributed by atoms with van der Waals surface area (Å²) >= 11 is 0. The van der Waals surface area contributed by atoms with Crippen LogP contribution < -0.4 is 11.1 Å². The first-order valence-corrected chi connectivity index (χ1v) is 4.20. The monoisotopic (exact) mass is 165 g/mol. The van der Waals surface area contributed by atoms with Gasteiger partial charge in [0.2, 0.25) is 0 Å². The molecule has 3 heteroatoms. The summed E-state index contributed by atoms with van der Waals surface area (Å²) in [5.41, 5.74) is 7.63. The Kier molecular flexibility index (Phi) is 2.91. The number of hydrogen-bond donors (Lipinski definition) is 2. The smallest absolute Gasteiger partial charge is 0.149 e. The van der Waals surface area contributed by atoms with Crippen molar-refractivity contribution in [3.63, 3.8) is 0 Å². The fourth-order valence-corrected chi connectivity index (χ4v) is 0.954. The van der Waals surface area contributed by atoms with Gasteiger partial charge in [-0.15, -0.1) is 0 Å². The number of anilines is 2. The Balaban J connectivity index is 2.78. The number of nitrogens with one attached hydrogen (secondary N) is 1. The highest BCUT2D eigenvalue weighted by Gasteiger charge is 2.00. The van der Waals surface area contributed by atoms with Crippen LogP contribution in [0.4, 0.5) is 11.5 Å². The summed E-state index contributed by atoms with van der Waals surface area (Å²) in [6.07, 6.45) is 2.85. The maximum atomic E-state index is 5.80. The fraction of sp³-hybridized carbons (Fsp3) is 0.444. The maximum absolute atomic E-state index is 5.80. The summed E-state index contributed by atoms with van der Waals surface area (Å²) in [5, 5.41) is 3.17. The standard InChI is InChI=1S/C9H15N3/c1-3-5-11-9-8(10)7(2)4-6-12-9/h4,6H,3,5,10H2,1-2H3,(H,11,12). The Morgan fingerprint density at radius 3 is 3.00 bits per heavy atom. The highest BCUT2D eigenvalue weighted by molar-refractivity contribution is 5.64. The highest BCUT2D eigenvalue weighted by atomic mass is 15.0. The van der Waals surface area contributed by atoms with Gasteiger partial charge in [0.15, 0.2) is 0 Å². The SMILES string of the molecule is CCCNc1nccc(C)c1N. The zero-order valence-electron chi connectivity index (χ0n) is 7.59. The number of nitrogen functional groups attached to an aromatic ring is 1. The minimum absolute atomic E-state index is 0.756. The van der Waals surface area contributed by atoms with Crippen LogP contribution in [-0.4, -0.2) is 11.5 Å². The first-order valence-electron chi connectivity index (χ1n) is 4.20. The number of aryl methyl sites for hydroxylation is 1. The van der Waals surface area contributed by atoms with Crippen LogP contribution in [0.2, 0.25) is 0 Å². The average molecular weight is 165 g/mol. The van der Waals surface area contributed by atoms with Gasteiger partial charge in [0, 0.05) is 12.7 Å². The summed E-state index contributed by atoms with van der Waals surface area (Å²) in [4.78, 5) is 4.14. The Hall–Kier alpha value is -1.25. The third-order valence-corrected chi connectivity index (χ3v) is 1.75. The molecule has 0 aliphatic carbocycles. The van der Waals surface area contributed by atoms with E-state index in [0.717, 1.165) is 30.0 Å². The maximum Gasteiger partial charge on any atom is 0.149 e. The molecule has 0 radical (unpaired) electrons. The lowest BCUT2D eigenvalue weighted by atomic mass is 10.2. The number of rotatable bonds is 3. The Labute approximate surface area is 73.0 Å². The largest absolute Gasteiger partial charge is 0.396 e. The van der Waals surface area contributed by atoms with Gasteiger partial charge in [-0.1, -0.05) is 6.92 Å². The molecule has 1 aromatic rings. The van der Waals surface area contributed by atoms with Crippen LogP contribution in [0.25, 0.3) is 0 Å². The Bertz CT molecular complexity index is 258. The molecule has 0 aliphatic heterocycles. The van der Waals surface area contributed by atoms with Crippen LogP contribution >= 0.6 is 0 Å². The van der Waals surface area contributed by atoms with Crippen LogP contribution in [-0.2, 0) is 0 Å². The summed E-state index contributed by atoms with van der Waals surface area (Å²) in [7, 11) is 0. The minimum Gasteiger partial charge on any atom is -0.396 e. The van der Waals surface area contributed by atoms with Gasteiger partial charge in [-0.25, -0.2) is 4.98 Å². The predicted octanol–water partition coefficient (Wildman–Crippen LogP) is 1.79. The molecule has 0 aliphatic rings. The fourth-order valence-electron chi connectivity index (χ4n) is 0.954. The molecule has 0 bridgehead atoms. The summed E-state index contributed by atoms with van der Waals surface area (Å²) in [6.45, 7) is 5.01. The molecule has 0 amide bonds. The van der Waals surface area contributed by atoms with Gasteiger partial charge in [0.1, 0.15) is 5.82 Å². The van der Waals surface area contributed by atoms with Gasteiger partial charge >= 0.3 is 0 Å². The van der Waals surface area contributed by atoms with E-state index >= 15 is 0 Å². The zero-order valence-corrected chi connectivity index (χ0v) is 7.59. The molecule has 0 saturated carbocycles. The normalized spacial score (nSPS) is 9.83. The van der Waals surface area contributed by atoms with Crippen LogP contribution in [0, 0.1) is 6.92 Å². The Morgan fingerprint density at radius 2 is 2.33 bits per heavy atom. The average Bonchev–Trinajstić information content (AvgIpc) is 2.08. The van der Waals surface area contributed by atoms with Crippen molar-refractivity contribution < 1.29 is 0 Å². The van der Waals surface area contributed by atoms with Crippen LogP contribution in [0.1, 0.15) is 18.9 Å². The number of pyridine rings is 1. The molecule has 1 heterocycles. The van der Waals surface area contributed by atoms with Crippen molar-refractivity contribution in [2.45, 2.75) is 20.3 Å². The van der Waals surface area contributed by atoms with Gasteiger partial charge in [0.05, 0.1) is 5.69 Å². The Morgan fingerprint density at radius 1 is 1.58 bits per heavy atom. The molecular weight excluding hydrogens is 150 g/mol. The summed E-state index contributed by atoms with van der Waals surface area (Å²) < 4.78 is 0. The second-order valence-electron chi connectivity index (χ2n) is 2.82. The number of aromatic nitrogens is 1. The molecule has 0 fully saturated rings. The van der Waals surface area contributed by atoms with E-state index in [2.05, 4.69) is 17.2 Å². The number of nitrogens with zero attached hydrogens (tertiary/aromatic N) is 1. The van der Waals surface area contributed by atoms with Gasteiger partial charge < -0.3 is 11.1 Å². The van der Waals surface area contributed by atoms with Crippen molar-refractivity contribution in [1.29, 1.82) is 0 Å². The van der Waals surface area contributed by atoms with E-state index in [0.29, 0.717) is 0 Å². The van der Waals surface area contributed by atoms with Crippen LogP contribution in [0.5, 0.6) is 0 Å². The second kappa shape index (κ2) is 3.95. The van der Waals surface area contributed by atoms with E-state index < -0.39 is 0 Å². The molecule has 0 unspecified atom stereocenters. The first kappa shape index (κ1) is 8.84. The third kappa shape index (κ3) is 1.87. The molecule has 0 atom stereocenters. The van der Waals surface area contributed by atoms with E-state index in [1.807, 2.05) is 13.0 Å². The van der Waals surface area contributed by atoms with Crippen molar-refractivity contribution in [3.8, 4) is 0 Å². The lowest BCUT2D eigenvalue weighted by Crippen LogP contribution is -2.05. The lowest BCUT2D eigenvalue weighted by molar-refractivity contribution is 0.969. The molecule has 3 N–H and O–H groups in total. The summed E-state index contributed by atoms with van der Waals surface area (Å²) in [6, 6.07) is 1.91. The van der Waals surface area contributed by atoms with Crippen LogP contribution in [0.3, 0.4) is 0 Å². The van der Waals surface area contributed by atoms with E-state index in [1.165, 1.54) is 0 Å². The van der Waals surface area contributed by atoms with Crippen molar-refractivity contribution >= 4 is 11.5 Å². The second-order valence-corrected chi connectivity index (χ2v) is 2.82. The molecule has 1 rings (SSSR count). The minimum atomic E-state index is 0.756. The van der Waals surface area contributed by atoms with Gasteiger partial charge in [0.25, 0.3) is 0 Å². The molecule has 1 aromatic heterocycles. The molecule has 0 spiro atoms. The van der Waals surface area contributed by atoms with E-state index in [-0.39, 0.29) is 0 Å². The third-order valence-electron chi connectivity index (χ3n) is 1.75. The molecule has 12 heavy (non-hydrogen) atoms. The van der Waals surface area contributed by atoms with Crippen molar-refractivity contribution in [2.24, 2.45) is 0 Å².